The lowest BCUT2D eigenvalue weighted by molar-refractivity contribution is -0.137. The molecule has 1 fully saturated rings. The summed E-state index contributed by atoms with van der Waals surface area (Å²) < 4.78 is 0. The van der Waals surface area contributed by atoms with E-state index in [1.807, 2.05) is 12.1 Å². The van der Waals surface area contributed by atoms with Crippen molar-refractivity contribution >= 4 is 17.7 Å². The maximum Gasteiger partial charge on any atom is 0.252 e. The Balaban J connectivity index is 1.99. The second-order valence-corrected chi connectivity index (χ2v) is 4.64. The zero-order chi connectivity index (χ0) is 12.9. The largest absolute Gasteiger partial charge is 0.344 e. The molecule has 2 aliphatic rings. The Hall–Kier alpha value is -2.17. The molecule has 0 spiro atoms. The van der Waals surface area contributed by atoms with Crippen molar-refractivity contribution in [2.75, 3.05) is 7.05 Å². The van der Waals surface area contributed by atoms with Crippen LogP contribution in [-0.4, -0.2) is 29.7 Å². The number of hydrogen-bond acceptors (Lipinski definition) is 3. The molecule has 5 nitrogen and oxygen atoms in total. The van der Waals surface area contributed by atoms with E-state index in [4.69, 9.17) is 0 Å². The highest BCUT2D eigenvalue weighted by atomic mass is 16.2. The van der Waals surface area contributed by atoms with Crippen molar-refractivity contribution in [1.29, 1.82) is 0 Å². The number of benzene rings is 1. The van der Waals surface area contributed by atoms with Gasteiger partial charge in [-0.25, -0.2) is 0 Å². The van der Waals surface area contributed by atoms with Crippen LogP contribution in [0.5, 0.6) is 0 Å². The van der Waals surface area contributed by atoms with Crippen LogP contribution in [0.1, 0.15) is 28.4 Å². The standard InChI is InChI=1S/C13H12N2O3/c1-15-10(16)6-9(13(15)18)11-7-4-2-3-5-8(7)12(17)14-11/h2-5,9,11H,6H2,1H3,(H,14,17). The average molecular weight is 244 g/mol. The van der Waals surface area contributed by atoms with Crippen molar-refractivity contribution in [1.82, 2.24) is 10.2 Å². The van der Waals surface area contributed by atoms with Crippen LogP contribution in [0.15, 0.2) is 24.3 Å². The molecule has 0 radical (unpaired) electrons. The summed E-state index contributed by atoms with van der Waals surface area (Å²) in [7, 11) is 1.48. The van der Waals surface area contributed by atoms with E-state index in [2.05, 4.69) is 5.32 Å². The molecule has 5 heteroatoms. The number of fused-ring (bicyclic) bond motifs is 1. The summed E-state index contributed by atoms with van der Waals surface area (Å²) in [6.45, 7) is 0. The summed E-state index contributed by atoms with van der Waals surface area (Å²) in [5.74, 6) is -1.06. The van der Waals surface area contributed by atoms with Gasteiger partial charge in [0.25, 0.3) is 5.91 Å². The fourth-order valence-corrected chi connectivity index (χ4v) is 2.63. The molecular weight excluding hydrogens is 232 g/mol. The molecule has 2 heterocycles. The number of nitrogens with one attached hydrogen (secondary N) is 1. The summed E-state index contributed by atoms with van der Waals surface area (Å²) in [4.78, 5) is 36.4. The van der Waals surface area contributed by atoms with Gasteiger partial charge in [0.15, 0.2) is 0 Å². The molecule has 3 rings (SSSR count). The lowest BCUT2D eigenvalue weighted by Crippen LogP contribution is -2.32. The Bertz CT molecular complexity index is 567. The molecule has 2 aliphatic heterocycles. The van der Waals surface area contributed by atoms with E-state index in [0.717, 1.165) is 10.5 Å². The molecule has 0 aliphatic carbocycles. The normalized spacial score (nSPS) is 26.5. The summed E-state index contributed by atoms with van der Waals surface area (Å²) >= 11 is 0. The second-order valence-electron chi connectivity index (χ2n) is 4.64. The van der Waals surface area contributed by atoms with Crippen LogP contribution in [0.3, 0.4) is 0 Å². The van der Waals surface area contributed by atoms with Crippen LogP contribution < -0.4 is 5.32 Å². The van der Waals surface area contributed by atoms with Crippen LogP contribution in [-0.2, 0) is 9.59 Å². The summed E-state index contributed by atoms with van der Waals surface area (Å²) in [5.41, 5.74) is 1.40. The molecule has 1 aromatic carbocycles. The quantitative estimate of drug-likeness (QED) is 0.730. The summed E-state index contributed by atoms with van der Waals surface area (Å²) in [6, 6.07) is 6.80. The fraction of sp³-hybridized carbons (Fsp3) is 0.308. The molecular formula is C13H12N2O3. The number of rotatable bonds is 1. The first-order chi connectivity index (χ1) is 8.59. The van der Waals surface area contributed by atoms with Gasteiger partial charge in [0.2, 0.25) is 11.8 Å². The van der Waals surface area contributed by atoms with Crippen LogP contribution in [0.4, 0.5) is 0 Å². The van der Waals surface area contributed by atoms with Crippen molar-refractivity contribution in [3.05, 3.63) is 35.4 Å². The van der Waals surface area contributed by atoms with E-state index in [9.17, 15) is 14.4 Å². The highest BCUT2D eigenvalue weighted by Crippen LogP contribution is 2.36. The van der Waals surface area contributed by atoms with Crippen LogP contribution in [0.25, 0.3) is 0 Å². The molecule has 18 heavy (non-hydrogen) atoms. The van der Waals surface area contributed by atoms with E-state index in [0.29, 0.717) is 5.56 Å². The molecule has 92 valence electrons. The minimum Gasteiger partial charge on any atom is -0.344 e. The predicted molar refractivity (Wildman–Crippen MR) is 62.5 cm³/mol. The van der Waals surface area contributed by atoms with Gasteiger partial charge in [-0.05, 0) is 11.6 Å². The van der Waals surface area contributed by atoms with Gasteiger partial charge in [-0.3, -0.25) is 19.3 Å². The Kier molecular flexibility index (Phi) is 2.23. The van der Waals surface area contributed by atoms with Crippen molar-refractivity contribution in [2.24, 2.45) is 5.92 Å². The van der Waals surface area contributed by atoms with Gasteiger partial charge in [0, 0.05) is 19.0 Å². The number of imide groups is 1. The van der Waals surface area contributed by atoms with Gasteiger partial charge in [-0.2, -0.15) is 0 Å². The average Bonchev–Trinajstić information content (AvgIpc) is 2.83. The number of carbonyl (C=O) groups excluding carboxylic acids is 3. The van der Waals surface area contributed by atoms with E-state index >= 15 is 0 Å². The number of likely N-dealkylation sites (tertiary alicyclic amines) is 1. The minimum absolute atomic E-state index is 0.161. The van der Waals surface area contributed by atoms with Gasteiger partial charge in [-0.1, -0.05) is 18.2 Å². The molecule has 3 amide bonds. The predicted octanol–water partition coefficient (Wildman–Crippen LogP) is 0.476. The maximum absolute atomic E-state index is 12.0. The van der Waals surface area contributed by atoms with Gasteiger partial charge in [0.1, 0.15) is 0 Å². The van der Waals surface area contributed by atoms with Crippen LogP contribution in [0, 0.1) is 5.92 Å². The molecule has 2 atom stereocenters. The first kappa shape index (κ1) is 11.0. The van der Waals surface area contributed by atoms with Crippen molar-refractivity contribution < 1.29 is 14.4 Å². The number of amides is 3. The molecule has 1 N–H and O–H groups in total. The number of hydrogen-bond donors (Lipinski definition) is 1. The molecule has 1 aromatic rings. The third kappa shape index (κ3) is 1.37. The lowest BCUT2D eigenvalue weighted by atomic mass is 9.92. The molecule has 0 aromatic heterocycles. The minimum atomic E-state index is -0.477. The molecule has 1 saturated heterocycles. The number of carbonyl (C=O) groups is 3. The van der Waals surface area contributed by atoms with Gasteiger partial charge >= 0.3 is 0 Å². The van der Waals surface area contributed by atoms with Gasteiger partial charge < -0.3 is 5.32 Å². The Labute approximate surface area is 104 Å². The van der Waals surface area contributed by atoms with Crippen molar-refractivity contribution in [2.45, 2.75) is 12.5 Å². The highest BCUT2D eigenvalue weighted by Gasteiger charge is 2.45. The zero-order valence-corrected chi connectivity index (χ0v) is 9.84. The Morgan fingerprint density at radius 2 is 1.94 bits per heavy atom. The first-order valence-corrected chi connectivity index (χ1v) is 5.80. The van der Waals surface area contributed by atoms with E-state index in [-0.39, 0.29) is 30.2 Å². The number of nitrogens with zero attached hydrogens (tertiary/aromatic N) is 1. The van der Waals surface area contributed by atoms with Crippen LogP contribution >= 0.6 is 0 Å². The lowest BCUT2D eigenvalue weighted by Gasteiger charge is -2.17. The van der Waals surface area contributed by atoms with E-state index in [1.54, 1.807) is 12.1 Å². The van der Waals surface area contributed by atoms with Crippen molar-refractivity contribution in [3.8, 4) is 0 Å². The second kappa shape index (κ2) is 3.66. The topological polar surface area (TPSA) is 66.5 Å². The third-order valence-electron chi connectivity index (χ3n) is 3.65. The SMILES string of the molecule is CN1C(=O)CC(C2NC(=O)c3ccccc32)C1=O. The summed E-state index contributed by atoms with van der Waals surface area (Å²) in [6.07, 6.45) is 0.161. The van der Waals surface area contributed by atoms with E-state index in [1.165, 1.54) is 7.05 Å². The van der Waals surface area contributed by atoms with Crippen molar-refractivity contribution in [3.63, 3.8) is 0 Å². The van der Waals surface area contributed by atoms with Crippen LogP contribution in [0.2, 0.25) is 0 Å². The molecule has 0 saturated carbocycles. The first-order valence-electron chi connectivity index (χ1n) is 5.80. The molecule has 0 bridgehead atoms. The smallest absolute Gasteiger partial charge is 0.252 e. The van der Waals surface area contributed by atoms with E-state index < -0.39 is 5.92 Å². The zero-order valence-electron chi connectivity index (χ0n) is 9.84. The Morgan fingerprint density at radius 3 is 2.61 bits per heavy atom. The highest BCUT2D eigenvalue weighted by molar-refractivity contribution is 6.05. The fourth-order valence-electron chi connectivity index (χ4n) is 2.63. The third-order valence-corrected chi connectivity index (χ3v) is 3.65. The maximum atomic E-state index is 12.0. The monoisotopic (exact) mass is 244 g/mol. The molecule has 2 unspecified atom stereocenters. The van der Waals surface area contributed by atoms with Gasteiger partial charge in [0.05, 0.1) is 12.0 Å². The van der Waals surface area contributed by atoms with Gasteiger partial charge in [-0.15, -0.1) is 0 Å². The summed E-state index contributed by atoms with van der Waals surface area (Å²) in [5, 5.41) is 2.79. The Morgan fingerprint density at radius 1 is 1.22 bits per heavy atom.